The number of rotatable bonds is 8. The summed E-state index contributed by atoms with van der Waals surface area (Å²) in [5.41, 5.74) is -2.57. The highest BCUT2D eigenvalue weighted by Crippen LogP contribution is 2.42. The van der Waals surface area contributed by atoms with Crippen molar-refractivity contribution in [3.05, 3.63) is 0 Å². The first-order chi connectivity index (χ1) is 12.3. The number of carbonyl (C=O) groups is 4. The van der Waals surface area contributed by atoms with Crippen LogP contribution >= 0.6 is 0 Å². The van der Waals surface area contributed by atoms with Crippen LogP contribution in [0.2, 0.25) is 0 Å². The van der Waals surface area contributed by atoms with Crippen LogP contribution in [-0.2, 0) is 19.2 Å². The molecule has 0 aromatic carbocycles. The number of carboxylic acids is 3. The van der Waals surface area contributed by atoms with Gasteiger partial charge in [0.25, 0.3) is 5.66 Å². The highest BCUT2D eigenvalue weighted by molar-refractivity contribution is 6.04. The maximum atomic E-state index is 12.2. The average Bonchev–Trinajstić information content (AvgIpc) is 2.83. The van der Waals surface area contributed by atoms with Gasteiger partial charge in [0.15, 0.2) is 0 Å². The number of carbonyl (C=O) groups excluding carboxylic acids is 1. The van der Waals surface area contributed by atoms with Crippen molar-refractivity contribution < 1.29 is 34.5 Å². The molecule has 0 aromatic rings. The van der Waals surface area contributed by atoms with Crippen molar-refractivity contribution >= 4 is 23.8 Å². The zero-order chi connectivity index (χ0) is 19.5. The standard InChI is InChI=1S/C16H25N3O7/c1-2-7-17-12(20)8-18-10-5-3-4-6-11(10)19(9-13(21)22)16(18,14(23)24)15(25)26/h10-11H,2-9H2,1H3,(H,17,20)(H,21,22)(H,23,24)(H,25,26). The molecule has 10 nitrogen and oxygen atoms in total. The Morgan fingerprint density at radius 2 is 1.46 bits per heavy atom. The van der Waals surface area contributed by atoms with Gasteiger partial charge in [-0.05, 0) is 19.3 Å². The van der Waals surface area contributed by atoms with E-state index in [0.717, 1.165) is 22.6 Å². The van der Waals surface area contributed by atoms with Gasteiger partial charge in [-0.2, -0.15) is 0 Å². The Balaban J connectivity index is 2.48. The molecule has 10 heteroatoms. The Labute approximate surface area is 150 Å². The zero-order valence-electron chi connectivity index (χ0n) is 14.7. The minimum atomic E-state index is -2.57. The lowest BCUT2D eigenvalue weighted by Gasteiger charge is -2.36. The minimum Gasteiger partial charge on any atom is -0.480 e. The monoisotopic (exact) mass is 371 g/mol. The summed E-state index contributed by atoms with van der Waals surface area (Å²) in [6.07, 6.45) is 3.22. The predicted molar refractivity (Wildman–Crippen MR) is 88.4 cm³/mol. The summed E-state index contributed by atoms with van der Waals surface area (Å²) in [6.45, 7) is 1.14. The maximum absolute atomic E-state index is 12.2. The van der Waals surface area contributed by atoms with Crippen LogP contribution in [0, 0.1) is 0 Å². The molecule has 0 bridgehead atoms. The second-order valence-corrected chi connectivity index (χ2v) is 6.70. The van der Waals surface area contributed by atoms with E-state index in [1.54, 1.807) is 0 Å². The lowest BCUT2D eigenvalue weighted by Crippen LogP contribution is -2.67. The molecular weight excluding hydrogens is 346 g/mol. The van der Waals surface area contributed by atoms with E-state index in [0.29, 0.717) is 25.8 Å². The second-order valence-electron chi connectivity index (χ2n) is 6.70. The Bertz CT molecular complexity index is 580. The van der Waals surface area contributed by atoms with Crippen molar-refractivity contribution in [2.75, 3.05) is 19.6 Å². The molecule has 1 aliphatic heterocycles. The molecular formula is C16H25N3O7. The van der Waals surface area contributed by atoms with E-state index in [1.807, 2.05) is 6.92 Å². The van der Waals surface area contributed by atoms with E-state index in [1.165, 1.54) is 0 Å². The first-order valence-electron chi connectivity index (χ1n) is 8.75. The van der Waals surface area contributed by atoms with Crippen molar-refractivity contribution in [3.63, 3.8) is 0 Å². The summed E-state index contributed by atoms with van der Waals surface area (Å²) in [6, 6.07) is -1.03. The summed E-state index contributed by atoms with van der Waals surface area (Å²) < 4.78 is 0. The van der Waals surface area contributed by atoms with Gasteiger partial charge in [-0.15, -0.1) is 0 Å². The van der Waals surface area contributed by atoms with E-state index >= 15 is 0 Å². The molecule has 2 unspecified atom stereocenters. The molecule has 2 aliphatic rings. The molecule has 2 fully saturated rings. The van der Waals surface area contributed by atoms with E-state index in [-0.39, 0.29) is 0 Å². The fraction of sp³-hybridized carbons (Fsp3) is 0.750. The van der Waals surface area contributed by atoms with Gasteiger partial charge in [-0.25, -0.2) is 9.59 Å². The third kappa shape index (κ3) is 3.38. The van der Waals surface area contributed by atoms with Crippen LogP contribution in [0.25, 0.3) is 0 Å². The third-order valence-corrected chi connectivity index (χ3v) is 5.11. The molecule has 4 N–H and O–H groups in total. The van der Waals surface area contributed by atoms with Gasteiger partial charge in [-0.3, -0.25) is 19.4 Å². The summed E-state index contributed by atoms with van der Waals surface area (Å²) in [7, 11) is 0. The van der Waals surface area contributed by atoms with Crippen LogP contribution in [0.1, 0.15) is 39.0 Å². The number of aliphatic carboxylic acids is 3. The van der Waals surface area contributed by atoms with Gasteiger partial charge in [-0.1, -0.05) is 19.8 Å². The lowest BCUT2D eigenvalue weighted by molar-refractivity contribution is -0.180. The van der Waals surface area contributed by atoms with Crippen LogP contribution in [0.15, 0.2) is 0 Å². The summed E-state index contributed by atoms with van der Waals surface area (Å²) >= 11 is 0. The molecule has 1 saturated heterocycles. The smallest absolute Gasteiger partial charge is 0.351 e. The van der Waals surface area contributed by atoms with Gasteiger partial charge in [0.1, 0.15) is 0 Å². The molecule has 2 atom stereocenters. The maximum Gasteiger partial charge on any atom is 0.351 e. The van der Waals surface area contributed by atoms with Gasteiger partial charge in [0.2, 0.25) is 5.91 Å². The Morgan fingerprint density at radius 3 is 1.88 bits per heavy atom. The van der Waals surface area contributed by atoms with Crippen molar-refractivity contribution in [2.24, 2.45) is 0 Å². The minimum absolute atomic E-state index is 0.396. The second kappa shape index (κ2) is 8.00. The molecule has 0 aromatic heterocycles. The Kier molecular flexibility index (Phi) is 6.19. The highest BCUT2D eigenvalue weighted by atomic mass is 16.4. The Morgan fingerprint density at radius 1 is 0.962 bits per heavy atom. The number of hydrogen-bond acceptors (Lipinski definition) is 6. The normalized spacial score (nSPS) is 25.4. The lowest BCUT2D eigenvalue weighted by atomic mass is 9.90. The molecule has 0 radical (unpaired) electrons. The van der Waals surface area contributed by atoms with Gasteiger partial charge >= 0.3 is 17.9 Å². The highest BCUT2D eigenvalue weighted by Gasteiger charge is 2.67. The molecule has 146 valence electrons. The molecule has 1 amide bonds. The predicted octanol–water partition coefficient (Wildman–Crippen LogP) is -0.608. The fourth-order valence-electron chi connectivity index (χ4n) is 4.13. The number of fused-ring (bicyclic) bond motifs is 1. The first-order valence-corrected chi connectivity index (χ1v) is 8.75. The SMILES string of the molecule is CCCNC(=O)CN1C2CCCCC2N(CC(=O)O)C1(C(=O)O)C(=O)O. The van der Waals surface area contributed by atoms with Crippen LogP contribution in [0.4, 0.5) is 0 Å². The first kappa shape index (κ1) is 20.1. The summed E-state index contributed by atoms with van der Waals surface area (Å²) in [5, 5.41) is 31.5. The fourth-order valence-corrected chi connectivity index (χ4v) is 4.13. The number of hydrogen-bond donors (Lipinski definition) is 4. The number of carboxylic acid groups (broad SMARTS) is 3. The van der Waals surface area contributed by atoms with E-state index in [9.17, 15) is 34.5 Å². The van der Waals surface area contributed by atoms with E-state index in [2.05, 4.69) is 5.32 Å². The third-order valence-electron chi connectivity index (χ3n) is 5.11. The van der Waals surface area contributed by atoms with Crippen LogP contribution < -0.4 is 5.32 Å². The van der Waals surface area contributed by atoms with E-state index in [4.69, 9.17) is 0 Å². The Hall–Kier alpha value is -2.20. The van der Waals surface area contributed by atoms with Crippen molar-refractivity contribution in [1.29, 1.82) is 0 Å². The van der Waals surface area contributed by atoms with Gasteiger partial charge in [0, 0.05) is 18.6 Å². The van der Waals surface area contributed by atoms with Crippen LogP contribution in [0.3, 0.4) is 0 Å². The van der Waals surface area contributed by atoms with Gasteiger partial charge in [0.05, 0.1) is 13.1 Å². The summed E-state index contributed by atoms with van der Waals surface area (Å²) in [5.74, 6) is -5.13. The molecule has 1 aliphatic carbocycles. The zero-order valence-corrected chi connectivity index (χ0v) is 14.7. The average molecular weight is 371 g/mol. The molecule has 1 saturated carbocycles. The molecule has 2 rings (SSSR count). The van der Waals surface area contributed by atoms with Crippen LogP contribution in [0.5, 0.6) is 0 Å². The largest absolute Gasteiger partial charge is 0.480 e. The van der Waals surface area contributed by atoms with Crippen LogP contribution in [-0.4, -0.2) is 86.3 Å². The topological polar surface area (TPSA) is 147 Å². The quantitative estimate of drug-likeness (QED) is 0.410. The van der Waals surface area contributed by atoms with Gasteiger partial charge < -0.3 is 20.6 Å². The number of nitrogens with one attached hydrogen (secondary N) is 1. The summed E-state index contributed by atoms with van der Waals surface area (Å²) in [4.78, 5) is 50.0. The molecule has 0 spiro atoms. The van der Waals surface area contributed by atoms with E-state index < -0.39 is 54.7 Å². The molecule has 26 heavy (non-hydrogen) atoms. The van der Waals surface area contributed by atoms with Crippen molar-refractivity contribution in [1.82, 2.24) is 15.1 Å². The molecule has 1 heterocycles. The van der Waals surface area contributed by atoms with Crippen molar-refractivity contribution in [2.45, 2.75) is 56.8 Å². The number of nitrogens with zero attached hydrogens (tertiary/aromatic N) is 2. The van der Waals surface area contributed by atoms with Crippen molar-refractivity contribution in [3.8, 4) is 0 Å². The number of amides is 1.